The molecular formula is C25H27O2P. The molecule has 0 aliphatic heterocycles. The molecule has 0 saturated carbocycles. The van der Waals surface area contributed by atoms with Crippen LogP contribution in [0, 0.1) is 6.92 Å². The summed E-state index contributed by atoms with van der Waals surface area (Å²) in [5.41, 5.74) is 4.28. The summed E-state index contributed by atoms with van der Waals surface area (Å²) in [5, 5.41) is 0.958. The molecule has 2 nitrogen and oxygen atoms in total. The smallest absolute Gasteiger partial charge is 0.160 e. The maximum atomic E-state index is 12.0. The van der Waals surface area contributed by atoms with Crippen LogP contribution >= 0.6 is 8.58 Å². The fourth-order valence-corrected chi connectivity index (χ4v) is 4.95. The Balaban J connectivity index is 1.92. The van der Waals surface area contributed by atoms with Crippen molar-refractivity contribution >= 4 is 19.7 Å². The minimum absolute atomic E-state index is 0.115. The average molecular weight is 390 g/mol. The van der Waals surface area contributed by atoms with Crippen LogP contribution < -0.4 is 10.0 Å². The van der Waals surface area contributed by atoms with Crippen LogP contribution in [0.4, 0.5) is 0 Å². The molecule has 0 spiro atoms. The fourth-order valence-electron chi connectivity index (χ4n) is 3.37. The van der Waals surface area contributed by atoms with Crippen molar-refractivity contribution in [2.24, 2.45) is 0 Å². The summed E-state index contributed by atoms with van der Waals surface area (Å²) in [7, 11) is 0.463. The first-order valence-corrected chi connectivity index (χ1v) is 10.5. The molecule has 0 amide bonds. The predicted octanol–water partition coefficient (Wildman–Crippen LogP) is 6.02. The molecule has 3 rings (SSSR count). The summed E-state index contributed by atoms with van der Waals surface area (Å²) in [6, 6.07) is 24.5. The Bertz CT molecular complexity index is 961. The van der Waals surface area contributed by atoms with E-state index in [4.69, 9.17) is 4.74 Å². The lowest BCUT2D eigenvalue weighted by Gasteiger charge is -2.29. The van der Waals surface area contributed by atoms with Crippen LogP contribution in [0.3, 0.4) is 0 Å². The molecule has 0 saturated heterocycles. The van der Waals surface area contributed by atoms with Crippen molar-refractivity contribution in [1.29, 1.82) is 0 Å². The fraction of sp³-hybridized carbons (Fsp3) is 0.240. The number of benzene rings is 3. The van der Waals surface area contributed by atoms with Gasteiger partial charge in [0.2, 0.25) is 0 Å². The van der Waals surface area contributed by atoms with Gasteiger partial charge in [0, 0.05) is 16.3 Å². The normalized spacial score (nSPS) is 11.7. The molecule has 3 aromatic carbocycles. The molecule has 0 radical (unpaired) electrons. The molecule has 0 aliphatic rings. The second-order valence-corrected chi connectivity index (χ2v) is 9.62. The number of aryl methyl sites for hydroxylation is 1. The van der Waals surface area contributed by atoms with Gasteiger partial charge in [-0.25, -0.2) is 0 Å². The zero-order valence-corrected chi connectivity index (χ0v) is 18.0. The van der Waals surface area contributed by atoms with Gasteiger partial charge in [0.25, 0.3) is 0 Å². The first-order valence-electron chi connectivity index (χ1n) is 9.53. The molecule has 1 unspecified atom stereocenters. The third kappa shape index (κ3) is 4.69. The number of para-hydroxylation sites is 1. The van der Waals surface area contributed by atoms with E-state index in [1.807, 2.05) is 36.4 Å². The van der Waals surface area contributed by atoms with Gasteiger partial charge in [-0.05, 0) is 30.3 Å². The van der Waals surface area contributed by atoms with Gasteiger partial charge in [-0.15, -0.1) is 0 Å². The molecular weight excluding hydrogens is 363 g/mol. The van der Waals surface area contributed by atoms with Gasteiger partial charge in [-0.1, -0.05) is 95.2 Å². The maximum Gasteiger partial charge on any atom is 0.160 e. The highest BCUT2D eigenvalue weighted by molar-refractivity contribution is 7.48. The Kier molecular flexibility index (Phi) is 6.31. The molecule has 0 N–H and O–H groups in total. The summed E-state index contributed by atoms with van der Waals surface area (Å²) >= 11 is 0. The average Bonchev–Trinajstić information content (AvgIpc) is 2.67. The Morgan fingerprint density at radius 2 is 1.61 bits per heavy atom. The van der Waals surface area contributed by atoms with Gasteiger partial charge < -0.3 is 4.74 Å². The highest BCUT2D eigenvalue weighted by Gasteiger charge is 2.27. The number of ketones is 1. The number of carbonyl (C=O) groups is 1. The topological polar surface area (TPSA) is 26.3 Å². The van der Waals surface area contributed by atoms with Crippen LogP contribution in [-0.2, 0) is 11.8 Å². The van der Waals surface area contributed by atoms with Crippen molar-refractivity contribution in [2.75, 3.05) is 0 Å². The Morgan fingerprint density at radius 3 is 2.32 bits per heavy atom. The monoisotopic (exact) mass is 390 g/mol. The standard InChI is InChI=1S/C25H27O2P/c1-18-11-10-15-22(24(18)27-17-20-12-6-5-7-13-20)25(3,4)28-23-16-9-8-14-21(23)19(2)26/h5-16,28H,17H2,1-4H3. The Morgan fingerprint density at radius 1 is 0.929 bits per heavy atom. The second kappa shape index (κ2) is 8.71. The van der Waals surface area contributed by atoms with E-state index in [2.05, 4.69) is 57.2 Å². The minimum atomic E-state index is -0.149. The first kappa shape index (κ1) is 20.3. The molecule has 3 heteroatoms. The van der Waals surface area contributed by atoms with Gasteiger partial charge in [-0.3, -0.25) is 4.79 Å². The van der Waals surface area contributed by atoms with E-state index in [-0.39, 0.29) is 10.9 Å². The maximum absolute atomic E-state index is 12.0. The third-order valence-corrected chi connectivity index (χ3v) is 6.46. The van der Waals surface area contributed by atoms with Gasteiger partial charge in [0.1, 0.15) is 12.4 Å². The van der Waals surface area contributed by atoms with Crippen molar-refractivity contribution in [3.05, 3.63) is 95.1 Å². The van der Waals surface area contributed by atoms with Gasteiger partial charge >= 0.3 is 0 Å². The molecule has 144 valence electrons. The van der Waals surface area contributed by atoms with Crippen molar-refractivity contribution in [3.8, 4) is 5.75 Å². The van der Waals surface area contributed by atoms with E-state index in [9.17, 15) is 4.79 Å². The van der Waals surface area contributed by atoms with E-state index in [0.717, 1.165) is 27.7 Å². The van der Waals surface area contributed by atoms with E-state index in [1.54, 1.807) is 6.92 Å². The summed E-state index contributed by atoms with van der Waals surface area (Å²) in [6.45, 7) is 8.73. The lowest BCUT2D eigenvalue weighted by Crippen LogP contribution is -2.19. The Hall–Kier alpha value is -2.44. The molecule has 1 atom stereocenters. The van der Waals surface area contributed by atoms with E-state index < -0.39 is 0 Å². The van der Waals surface area contributed by atoms with Crippen molar-refractivity contribution in [1.82, 2.24) is 0 Å². The SMILES string of the molecule is CC(=O)c1ccccc1PC(C)(C)c1cccc(C)c1OCc1ccccc1. The highest BCUT2D eigenvalue weighted by Crippen LogP contribution is 2.45. The third-order valence-electron chi connectivity index (χ3n) is 4.86. The zero-order valence-electron chi connectivity index (χ0n) is 17.0. The van der Waals surface area contributed by atoms with Crippen LogP contribution in [0.25, 0.3) is 0 Å². The molecule has 0 heterocycles. The van der Waals surface area contributed by atoms with Crippen LogP contribution in [0.1, 0.15) is 47.8 Å². The Labute approximate surface area is 169 Å². The predicted molar refractivity (Wildman–Crippen MR) is 119 cm³/mol. The molecule has 0 fully saturated rings. The summed E-state index contributed by atoms with van der Waals surface area (Å²) < 4.78 is 6.29. The molecule has 3 aromatic rings. The van der Waals surface area contributed by atoms with Crippen molar-refractivity contribution in [3.63, 3.8) is 0 Å². The van der Waals surface area contributed by atoms with Crippen LogP contribution in [-0.4, -0.2) is 5.78 Å². The zero-order chi connectivity index (χ0) is 20.1. The van der Waals surface area contributed by atoms with Gasteiger partial charge in [0.15, 0.2) is 5.78 Å². The summed E-state index contributed by atoms with van der Waals surface area (Å²) in [6.07, 6.45) is 0. The molecule has 28 heavy (non-hydrogen) atoms. The van der Waals surface area contributed by atoms with Crippen molar-refractivity contribution < 1.29 is 9.53 Å². The van der Waals surface area contributed by atoms with Crippen LogP contribution in [0.2, 0.25) is 0 Å². The number of hydrogen-bond donors (Lipinski definition) is 0. The van der Waals surface area contributed by atoms with Crippen LogP contribution in [0.5, 0.6) is 5.75 Å². The van der Waals surface area contributed by atoms with Crippen LogP contribution in [0.15, 0.2) is 72.8 Å². The van der Waals surface area contributed by atoms with Gasteiger partial charge in [0.05, 0.1) is 0 Å². The van der Waals surface area contributed by atoms with Gasteiger partial charge in [-0.2, -0.15) is 0 Å². The molecule has 0 aliphatic carbocycles. The number of rotatable bonds is 7. The lowest BCUT2D eigenvalue weighted by molar-refractivity contribution is 0.101. The lowest BCUT2D eigenvalue weighted by atomic mass is 9.98. The van der Waals surface area contributed by atoms with E-state index in [1.165, 1.54) is 5.56 Å². The second-order valence-electron chi connectivity index (χ2n) is 7.58. The number of hydrogen-bond acceptors (Lipinski definition) is 2. The summed E-state index contributed by atoms with van der Waals surface area (Å²) in [5.74, 6) is 1.06. The van der Waals surface area contributed by atoms with E-state index >= 15 is 0 Å². The largest absolute Gasteiger partial charge is 0.488 e. The minimum Gasteiger partial charge on any atom is -0.488 e. The van der Waals surface area contributed by atoms with Crippen molar-refractivity contribution in [2.45, 2.75) is 39.5 Å². The highest BCUT2D eigenvalue weighted by atomic mass is 31.1. The first-order chi connectivity index (χ1) is 13.4. The van der Waals surface area contributed by atoms with E-state index in [0.29, 0.717) is 15.2 Å². The number of Topliss-reactive ketones (excluding diaryl/α,β-unsaturated/α-hetero) is 1. The number of carbonyl (C=O) groups excluding carboxylic acids is 1. The molecule has 0 aromatic heterocycles. The quantitative estimate of drug-likeness (QED) is 0.364. The summed E-state index contributed by atoms with van der Waals surface area (Å²) in [4.78, 5) is 12.0. The number of ether oxygens (including phenoxy) is 1. The molecule has 0 bridgehead atoms.